The molecule has 2 nitrogen and oxygen atoms in total. The minimum Gasteiger partial charge on any atom is -0.379 e. The van der Waals surface area contributed by atoms with Crippen LogP contribution in [0.2, 0.25) is 0 Å². The van der Waals surface area contributed by atoms with Crippen LogP contribution in [0.25, 0.3) is 0 Å². The van der Waals surface area contributed by atoms with Gasteiger partial charge in [0.2, 0.25) is 0 Å². The van der Waals surface area contributed by atoms with Gasteiger partial charge in [-0.05, 0) is 38.8 Å². The number of hydrogen-bond acceptors (Lipinski definition) is 2. The van der Waals surface area contributed by atoms with Crippen LogP contribution in [-0.2, 0) is 0 Å². The zero-order valence-corrected chi connectivity index (χ0v) is 10.6. The molecular weight excluding hydrogens is 196 g/mol. The number of rotatable bonds is 4. The van der Waals surface area contributed by atoms with Crippen molar-refractivity contribution in [2.45, 2.75) is 46.1 Å². The van der Waals surface area contributed by atoms with Gasteiger partial charge in [0.15, 0.2) is 0 Å². The van der Waals surface area contributed by atoms with Crippen LogP contribution >= 0.6 is 0 Å². The van der Waals surface area contributed by atoms with Crippen molar-refractivity contribution in [3.8, 4) is 6.07 Å². The highest BCUT2D eigenvalue weighted by Gasteiger charge is 2.18. The van der Waals surface area contributed by atoms with E-state index >= 15 is 0 Å². The minimum atomic E-state index is 0.0342. The maximum absolute atomic E-state index is 9.08. The summed E-state index contributed by atoms with van der Waals surface area (Å²) >= 11 is 0. The first kappa shape index (κ1) is 12.6. The monoisotopic (exact) mass is 216 g/mol. The fourth-order valence-electron chi connectivity index (χ4n) is 1.95. The Bertz CT molecular complexity index is 400. The van der Waals surface area contributed by atoms with E-state index in [0.717, 1.165) is 29.7 Å². The van der Waals surface area contributed by atoms with Crippen molar-refractivity contribution in [1.82, 2.24) is 0 Å². The van der Waals surface area contributed by atoms with Crippen LogP contribution in [0.4, 0.5) is 5.69 Å². The van der Waals surface area contributed by atoms with E-state index in [1.54, 1.807) is 0 Å². The first-order chi connectivity index (χ1) is 7.50. The molecule has 1 N–H and O–H groups in total. The molecule has 0 aliphatic carbocycles. The van der Waals surface area contributed by atoms with Gasteiger partial charge in [-0.1, -0.05) is 25.5 Å². The lowest BCUT2D eigenvalue weighted by Crippen LogP contribution is -2.31. The summed E-state index contributed by atoms with van der Waals surface area (Å²) in [6, 6.07) is 8.05. The van der Waals surface area contributed by atoms with Crippen LogP contribution in [-0.4, -0.2) is 5.54 Å². The fourth-order valence-corrected chi connectivity index (χ4v) is 1.95. The molecule has 0 saturated heterocycles. The minimum absolute atomic E-state index is 0.0342. The van der Waals surface area contributed by atoms with Gasteiger partial charge in [0.1, 0.15) is 6.07 Å². The summed E-state index contributed by atoms with van der Waals surface area (Å²) in [7, 11) is 0. The van der Waals surface area contributed by atoms with Gasteiger partial charge in [-0.2, -0.15) is 5.26 Å². The van der Waals surface area contributed by atoms with Crippen molar-refractivity contribution < 1.29 is 0 Å². The number of aryl methyl sites for hydroxylation is 1. The van der Waals surface area contributed by atoms with E-state index in [1.165, 1.54) is 0 Å². The molecular formula is C14H20N2. The van der Waals surface area contributed by atoms with E-state index in [1.807, 2.05) is 25.1 Å². The molecule has 0 spiro atoms. The number of hydrogen-bond donors (Lipinski definition) is 1. The third kappa shape index (κ3) is 3.00. The second-order valence-corrected chi connectivity index (χ2v) is 4.87. The summed E-state index contributed by atoms with van der Waals surface area (Å²) in [5, 5.41) is 12.6. The Hall–Kier alpha value is -1.49. The third-order valence-corrected chi connectivity index (χ3v) is 2.73. The molecule has 0 atom stereocenters. The SMILES string of the molecule is CCCC(C)(C)Nc1c(C)cccc1C#N. The molecule has 16 heavy (non-hydrogen) atoms. The topological polar surface area (TPSA) is 35.8 Å². The van der Waals surface area contributed by atoms with Gasteiger partial charge in [0.05, 0.1) is 11.3 Å². The molecule has 2 heteroatoms. The quantitative estimate of drug-likeness (QED) is 0.829. The summed E-state index contributed by atoms with van der Waals surface area (Å²) in [5.74, 6) is 0. The van der Waals surface area contributed by atoms with Crippen molar-refractivity contribution in [2.75, 3.05) is 5.32 Å². The highest BCUT2D eigenvalue weighted by Crippen LogP contribution is 2.25. The van der Waals surface area contributed by atoms with E-state index in [-0.39, 0.29) is 5.54 Å². The highest BCUT2D eigenvalue weighted by atomic mass is 15.0. The molecule has 1 aromatic carbocycles. The number of nitrogens with zero attached hydrogens (tertiary/aromatic N) is 1. The number of nitriles is 1. The van der Waals surface area contributed by atoms with Gasteiger partial charge >= 0.3 is 0 Å². The molecule has 0 saturated carbocycles. The van der Waals surface area contributed by atoms with Crippen molar-refractivity contribution in [3.63, 3.8) is 0 Å². The lowest BCUT2D eigenvalue weighted by Gasteiger charge is -2.28. The molecule has 0 bridgehead atoms. The Morgan fingerprint density at radius 2 is 2.06 bits per heavy atom. The number of nitrogens with one attached hydrogen (secondary N) is 1. The van der Waals surface area contributed by atoms with Crippen LogP contribution < -0.4 is 5.32 Å². The standard InChI is InChI=1S/C14H20N2/c1-5-9-14(3,4)16-13-11(2)7-6-8-12(13)10-15/h6-8,16H,5,9H2,1-4H3. The summed E-state index contributed by atoms with van der Waals surface area (Å²) in [6.07, 6.45) is 2.22. The first-order valence-corrected chi connectivity index (χ1v) is 5.78. The molecule has 0 unspecified atom stereocenters. The molecule has 1 aromatic rings. The van der Waals surface area contributed by atoms with E-state index in [2.05, 4.69) is 32.2 Å². The smallest absolute Gasteiger partial charge is 0.101 e. The Balaban J connectivity index is 3.01. The summed E-state index contributed by atoms with van der Waals surface area (Å²) in [5.41, 5.74) is 2.86. The highest BCUT2D eigenvalue weighted by molar-refractivity contribution is 5.63. The normalized spacial score (nSPS) is 10.9. The van der Waals surface area contributed by atoms with E-state index in [9.17, 15) is 0 Å². The van der Waals surface area contributed by atoms with Crippen LogP contribution in [0.1, 0.15) is 44.7 Å². The zero-order chi connectivity index (χ0) is 12.2. The fraction of sp³-hybridized carbons (Fsp3) is 0.500. The molecule has 0 aliphatic rings. The van der Waals surface area contributed by atoms with Crippen molar-refractivity contribution in [1.29, 1.82) is 5.26 Å². The van der Waals surface area contributed by atoms with Gasteiger partial charge in [0, 0.05) is 5.54 Å². The van der Waals surface area contributed by atoms with Crippen LogP contribution in [0.3, 0.4) is 0 Å². The average molecular weight is 216 g/mol. The Morgan fingerprint density at radius 1 is 1.38 bits per heavy atom. The Labute approximate surface area is 98.3 Å². The summed E-state index contributed by atoms with van der Waals surface area (Å²) in [4.78, 5) is 0. The molecule has 0 aromatic heterocycles. The average Bonchev–Trinajstić information content (AvgIpc) is 2.20. The Kier molecular flexibility index (Phi) is 3.95. The third-order valence-electron chi connectivity index (χ3n) is 2.73. The predicted molar refractivity (Wildman–Crippen MR) is 68.5 cm³/mol. The number of para-hydroxylation sites is 1. The van der Waals surface area contributed by atoms with Crippen molar-refractivity contribution in [2.24, 2.45) is 0 Å². The molecule has 0 fully saturated rings. The molecule has 0 amide bonds. The lowest BCUT2D eigenvalue weighted by molar-refractivity contribution is 0.510. The van der Waals surface area contributed by atoms with Crippen molar-refractivity contribution >= 4 is 5.69 Å². The second kappa shape index (κ2) is 5.03. The second-order valence-electron chi connectivity index (χ2n) is 4.87. The maximum Gasteiger partial charge on any atom is 0.101 e. The van der Waals surface area contributed by atoms with E-state index in [4.69, 9.17) is 5.26 Å². The van der Waals surface area contributed by atoms with E-state index < -0.39 is 0 Å². The number of benzene rings is 1. The predicted octanol–water partition coefficient (Wildman–Crippen LogP) is 3.86. The van der Waals surface area contributed by atoms with Gasteiger partial charge in [-0.3, -0.25) is 0 Å². The maximum atomic E-state index is 9.08. The molecule has 0 aliphatic heterocycles. The van der Waals surface area contributed by atoms with Crippen LogP contribution in [0, 0.1) is 18.3 Å². The van der Waals surface area contributed by atoms with Crippen LogP contribution in [0.5, 0.6) is 0 Å². The number of anilines is 1. The molecule has 0 radical (unpaired) electrons. The van der Waals surface area contributed by atoms with Crippen molar-refractivity contribution in [3.05, 3.63) is 29.3 Å². The Morgan fingerprint density at radius 3 is 2.62 bits per heavy atom. The van der Waals surface area contributed by atoms with Gasteiger partial charge in [0.25, 0.3) is 0 Å². The van der Waals surface area contributed by atoms with Gasteiger partial charge in [-0.15, -0.1) is 0 Å². The van der Waals surface area contributed by atoms with Gasteiger partial charge < -0.3 is 5.32 Å². The lowest BCUT2D eigenvalue weighted by atomic mass is 9.97. The van der Waals surface area contributed by atoms with Gasteiger partial charge in [-0.25, -0.2) is 0 Å². The van der Waals surface area contributed by atoms with Crippen LogP contribution in [0.15, 0.2) is 18.2 Å². The molecule has 1 rings (SSSR count). The summed E-state index contributed by atoms with van der Waals surface area (Å²) < 4.78 is 0. The summed E-state index contributed by atoms with van der Waals surface area (Å²) in [6.45, 7) is 8.55. The molecule has 0 heterocycles. The largest absolute Gasteiger partial charge is 0.379 e. The molecule has 86 valence electrons. The zero-order valence-electron chi connectivity index (χ0n) is 10.6. The van der Waals surface area contributed by atoms with E-state index in [0.29, 0.717) is 0 Å². The first-order valence-electron chi connectivity index (χ1n) is 5.78.